The summed E-state index contributed by atoms with van der Waals surface area (Å²) in [7, 11) is 3.29. The molecular weight excluding hydrogens is 493 g/mol. The first-order valence-electron chi connectivity index (χ1n) is 11.1. The predicted molar refractivity (Wildman–Crippen MR) is 134 cm³/mol. The van der Waals surface area contributed by atoms with Crippen molar-refractivity contribution < 1.29 is 14.2 Å². The minimum Gasteiger partial charge on any atom is -0.493 e. The van der Waals surface area contributed by atoms with Crippen LogP contribution in [0.3, 0.4) is 0 Å². The predicted octanol–water partition coefficient (Wildman–Crippen LogP) is 4.90. The largest absolute Gasteiger partial charge is 0.493 e. The quantitative estimate of drug-likeness (QED) is 0.139. The Morgan fingerprint density at radius 2 is 1.73 bits per heavy atom. The van der Waals surface area contributed by atoms with Gasteiger partial charge in [0.25, 0.3) is 0 Å². The van der Waals surface area contributed by atoms with Crippen LogP contribution in [0.2, 0.25) is 0 Å². The summed E-state index contributed by atoms with van der Waals surface area (Å²) in [5.41, 5.74) is 1.08. The van der Waals surface area contributed by atoms with Gasteiger partial charge in [-0.1, -0.05) is 31.7 Å². The fraction of sp³-hybridized carbons (Fsp3) is 0.696. The third kappa shape index (κ3) is 10.2. The van der Waals surface area contributed by atoms with Crippen LogP contribution >= 0.6 is 24.0 Å². The smallest absolute Gasteiger partial charge is 0.191 e. The average Bonchev–Trinajstić information content (AvgIpc) is 3.02. The third-order valence-electron chi connectivity index (χ3n) is 5.23. The van der Waals surface area contributed by atoms with Gasteiger partial charge in [0, 0.05) is 19.7 Å². The van der Waals surface area contributed by atoms with Crippen molar-refractivity contribution in [2.24, 2.45) is 4.99 Å². The second kappa shape index (κ2) is 16.5. The van der Waals surface area contributed by atoms with E-state index in [0.29, 0.717) is 12.6 Å². The maximum atomic E-state index is 6.07. The van der Waals surface area contributed by atoms with E-state index in [4.69, 9.17) is 14.2 Å². The average molecular weight is 533 g/mol. The van der Waals surface area contributed by atoms with Crippen LogP contribution in [0.25, 0.3) is 0 Å². The number of rotatable bonds is 11. The summed E-state index contributed by atoms with van der Waals surface area (Å²) in [6.45, 7) is 5.26. The molecule has 30 heavy (non-hydrogen) atoms. The molecule has 0 spiro atoms. The minimum atomic E-state index is 0. The third-order valence-corrected chi connectivity index (χ3v) is 5.23. The minimum absolute atomic E-state index is 0. The summed E-state index contributed by atoms with van der Waals surface area (Å²) in [5.74, 6) is 2.30. The van der Waals surface area contributed by atoms with Crippen LogP contribution in [0, 0.1) is 0 Å². The molecule has 2 rings (SSSR count). The molecule has 1 aromatic rings. The number of unbranched alkanes of at least 4 members (excludes halogenated alkanes) is 1. The molecule has 1 aliphatic rings. The number of aliphatic imine (C=N–C) groups is 1. The Bertz CT molecular complexity index is 605. The Kier molecular flexibility index (Phi) is 14.7. The molecule has 0 saturated heterocycles. The van der Waals surface area contributed by atoms with Crippen LogP contribution in [-0.4, -0.2) is 46.0 Å². The number of halogens is 1. The Labute approximate surface area is 199 Å². The molecule has 0 unspecified atom stereocenters. The first-order chi connectivity index (χ1) is 14.3. The highest BCUT2D eigenvalue weighted by atomic mass is 127. The number of hydrogen-bond donors (Lipinski definition) is 2. The molecular formula is C23H40IN3O3. The van der Waals surface area contributed by atoms with E-state index in [1.54, 1.807) is 14.2 Å². The number of nitrogens with one attached hydrogen (secondary N) is 2. The molecule has 2 N–H and O–H groups in total. The normalized spacial score (nSPS) is 15.1. The van der Waals surface area contributed by atoms with Gasteiger partial charge in [0.15, 0.2) is 17.5 Å². The summed E-state index contributed by atoms with van der Waals surface area (Å²) in [6.07, 6.45) is 10.5. The highest BCUT2D eigenvalue weighted by molar-refractivity contribution is 14.0. The lowest BCUT2D eigenvalue weighted by Gasteiger charge is -2.15. The zero-order valence-electron chi connectivity index (χ0n) is 18.9. The van der Waals surface area contributed by atoms with E-state index in [2.05, 4.69) is 22.5 Å². The molecule has 0 amide bonds. The summed E-state index contributed by atoms with van der Waals surface area (Å²) in [6, 6.07) is 5.90. The maximum absolute atomic E-state index is 6.07. The fourth-order valence-electron chi connectivity index (χ4n) is 3.58. The van der Waals surface area contributed by atoms with Crippen LogP contribution in [0.4, 0.5) is 0 Å². The molecule has 1 aromatic carbocycles. The lowest BCUT2D eigenvalue weighted by atomic mass is 10.1. The van der Waals surface area contributed by atoms with Gasteiger partial charge in [0.1, 0.15) is 0 Å². The number of ether oxygens (including phenoxy) is 3. The monoisotopic (exact) mass is 533 g/mol. The first kappa shape index (κ1) is 26.8. The number of nitrogens with zero attached hydrogens (tertiary/aromatic N) is 1. The van der Waals surface area contributed by atoms with Crippen molar-refractivity contribution in [2.45, 2.75) is 70.9 Å². The van der Waals surface area contributed by atoms with Crippen LogP contribution in [0.15, 0.2) is 23.2 Å². The van der Waals surface area contributed by atoms with E-state index in [9.17, 15) is 0 Å². The Morgan fingerprint density at radius 3 is 2.40 bits per heavy atom. The molecule has 0 bridgehead atoms. The molecule has 1 saturated carbocycles. The van der Waals surface area contributed by atoms with Crippen molar-refractivity contribution in [1.82, 2.24) is 10.6 Å². The lowest BCUT2D eigenvalue weighted by molar-refractivity contribution is 0.0411. The standard InChI is InChI=1S/C23H39N3O3.HI/c1-4-24-23(26-18-19-13-14-21(27-2)22(17-19)28-3)25-15-9-10-16-29-20-11-7-5-6-8-12-20;/h13-14,17,20H,4-12,15-16,18H2,1-3H3,(H2,24,25,26);1H. The van der Waals surface area contributed by atoms with Gasteiger partial charge in [-0.15, -0.1) is 24.0 Å². The Morgan fingerprint density at radius 1 is 1.00 bits per heavy atom. The van der Waals surface area contributed by atoms with Crippen molar-refractivity contribution in [1.29, 1.82) is 0 Å². The van der Waals surface area contributed by atoms with Crippen molar-refractivity contribution >= 4 is 29.9 Å². The lowest BCUT2D eigenvalue weighted by Crippen LogP contribution is -2.37. The molecule has 6 nitrogen and oxygen atoms in total. The molecule has 1 aliphatic carbocycles. The first-order valence-corrected chi connectivity index (χ1v) is 11.1. The molecule has 0 radical (unpaired) electrons. The molecule has 172 valence electrons. The van der Waals surface area contributed by atoms with Crippen LogP contribution < -0.4 is 20.1 Å². The number of methoxy groups -OCH3 is 2. The van der Waals surface area contributed by atoms with Crippen molar-refractivity contribution in [2.75, 3.05) is 33.9 Å². The van der Waals surface area contributed by atoms with Gasteiger partial charge in [0.05, 0.1) is 26.9 Å². The highest BCUT2D eigenvalue weighted by Crippen LogP contribution is 2.27. The second-order valence-electron chi connectivity index (χ2n) is 7.50. The van der Waals surface area contributed by atoms with Gasteiger partial charge in [-0.25, -0.2) is 4.99 Å². The molecule has 0 aromatic heterocycles. The van der Waals surface area contributed by atoms with E-state index < -0.39 is 0 Å². The van der Waals surface area contributed by atoms with E-state index in [-0.39, 0.29) is 24.0 Å². The van der Waals surface area contributed by atoms with E-state index in [1.807, 2.05) is 18.2 Å². The van der Waals surface area contributed by atoms with Gasteiger partial charge < -0.3 is 24.8 Å². The van der Waals surface area contributed by atoms with E-state index in [0.717, 1.165) is 55.6 Å². The zero-order valence-corrected chi connectivity index (χ0v) is 21.2. The number of hydrogen-bond acceptors (Lipinski definition) is 4. The SMILES string of the molecule is CCNC(=NCc1ccc(OC)c(OC)c1)NCCCCOC1CCCCCC1.I. The van der Waals surface area contributed by atoms with Crippen LogP contribution in [0.5, 0.6) is 11.5 Å². The Balaban J connectivity index is 0.00000450. The Hall–Kier alpha value is -1.22. The molecule has 0 atom stereocenters. The summed E-state index contributed by atoms with van der Waals surface area (Å²) in [4.78, 5) is 4.68. The fourth-order valence-corrected chi connectivity index (χ4v) is 3.58. The number of guanidine groups is 1. The molecule has 0 heterocycles. The highest BCUT2D eigenvalue weighted by Gasteiger charge is 2.12. The van der Waals surface area contributed by atoms with Gasteiger partial charge >= 0.3 is 0 Å². The molecule has 7 heteroatoms. The molecule has 1 fully saturated rings. The molecule has 0 aliphatic heterocycles. The van der Waals surface area contributed by atoms with E-state index >= 15 is 0 Å². The van der Waals surface area contributed by atoms with Gasteiger partial charge in [-0.2, -0.15) is 0 Å². The summed E-state index contributed by atoms with van der Waals surface area (Å²) >= 11 is 0. The van der Waals surface area contributed by atoms with Crippen molar-refractivity contribution in [3.63, 3.8) is 0 Å². The van der Waals surface area contributed by atoms with Gasteiger partial charge in [-0.3, -0.25) is 0 Å². The van der Waals surface area contributed by atoms with Crippen molar-refractivity contribution in [3.8, 4) is 11.5 Å². The maximum Gasteiger partial charge on any atom is 0.191 e. The summed E-state index contributed by atoms with van der Waals surface area (Å²) < 4.78 is 16.7. The van der Waals surface area contributed by atoms with Crippen LogP contribution in [0.1, 0.15) is 63.9 Å². The van der Waals surface area contributed by atoms with Gasteiger partial charge in [0.2, 0.25) is 0 Å². The van der Waals surface area contributed by atoms with Crippen LogP contribution in [-0.2, 0) is 11.3 Å². The topological polar surface area (TPSA) is 64.1 Å². The number of benzene rings is 1. The summed E-state index contributed by atoms with van der Waals surface area (Å²) in [5, 5.41) is 6.72. The van der Waals surface area contributed by atoms with E-state index in [1.165, 1.54) is 38.5 Å². The zero-order chi connectivity index (χ0) is 20.7. The van der Waals surface area contributed by atoms with Gasteiger partial charge in [-0.05, 0) is 50.3 Å². The van der Waals surface area contributed by atoms with Crippen molar-refractivity contribution in [3.05, 3.63) is 23.8 Å². The second-order valence-corrected chi connectivity index (χ2v) is 7.50.